The largest absolute Gasteiger partial charge is 0.324 e. The van der Waals surface area contributed by atoms with Gasteiger partial charge in [-0.1, -0.05) is 0 Å². The number of carbonyl (C=O) groups is 1. The van der Waals surface area contributed by atoms with E-state index in [1.165, 1.54) is 0 Å². The first kappa shape index (κ1) is 9.80. The third-order valence-electron chi connectivity index (χ3n) is 1.74. The molecule has 2 nitrogen and oxygen atoms in total. The van der Waals surface area contributed by atoms with Gasteiger partial charge in [0, 0.05) is 11.6 Å². The fourth-order valence-electron chi connectivity index (χ4n) is 1.07. The Morgan fingerprint density at radius 3 is 2.38 bits per heavy atom. The predicted molar refractivity (Wildman–Crippen MR) is 44.3 cm³/mol. The highest BCUT2D eigenvalue weighted by atomic mass is 19.2. The summed E-state index contributed by atoms with van der Waals surface area (Å²) in [6.45, 7) is 1.60. The van der Waals surface area contributed by atoms with E-state index in [1.807, 2.05) is 0 Å². The minimum atomic E-state index is -1.04. The van der Waals surface area contributed by atoms with Gasteiger partial charge in [-0.3, -0.25) is 4.79 Å². The van der Waals surface area contributed by atoms with Crippen LogP contribution in [-0.4, -0.2) is 6.29 Å². The Morgan fingerprint density at radius 2 is 1.92 bits per heavy atom. The van der Waals surface area contributed by atoms with Gasteiger partial charge in [0.2, 0.25) is 0 Å². The summed E-state index contributed by atoms with van der Waals surface area (Å²) >= 11 is 0. The maximum Gasteiger partial charge on any atom is 0.159 e. The van der Waals surface area contributed by atoms with E-state index in [0.717, 1.165) is 12.1 Å². The summed E-state index contributed by atoms with van der Waals surface area (Å²) in [7, 11) is 0. The molecule has 4 heteroatoms. The Bertz CT molecular complexity index is 337. The molecule has 70 valence electrons. The van der Waals surface area contributed by atoms with Crippen molar-refractivity contribution in [3.05, 3.63) is 34.9 Å². The standard InChI is InChI=1S/C9H9F2NO/c1-5(12)7-3-9(11)8(10)2-6(7)4-13/h2-5H,12H2,1H3. The van der Waals surface area contributed by atoms with Crippen LogP contribution >= 0.6 is 0 Å². The molecule has 0 saturated carbocycles. The van der Waals surface area contributed by atoms with E-state index in [-0.39, 0.29) is 5.56 Å². The quantitative estimate of drug-likeness (QED) is 0.714. The van der Waals surface area contributed by atoms with Crippen LogP contribution in [-0.2, 0) is 0 Å². The van der Waals surface area contributed by atoms with Gasteiger partial charge in [0.1, 0.15) is 6.29 Å². The number of benzene rings is 1. The van der Waals surface area contributed by atoms with E-state index in [0.29, 0.717) is 11.8 Å². The van der Waals surface area contributed by atoms with Gasteiger partial charge in [-0.25, -0.2) is 8.78 Å². The Hall–Kier alpha value is -1.29. The van der Waals surface area contributed by atoms with E-state index in [1.54, 1.807) is 6.92 Å². The highest BCUT2D eigenvalue weighted by Gasteiger charge is 2.11. The second-order valence-electron chi connectivity index (χ2n) is 2.80. The molecule has 0 aliphatic carbocycles. The lowest BCUT2D eigenvalue weighted by molar-refractivity contribution is 0.112. The lowest BCUT2D eigenvalue weighted by Gasteiger charge is -2.08. The zero-order chi connectivity index (χ0) is 10.0. The van der Waals surface area contributed by atoms with Crippen molar-refractivity contribution in [2.75, 3.05) is 0 Å². The van der Waals surface area contributed by atoms with Crippen LogP contribution in [0.25, 0.3) is 0 Å². The number of nitrogens with two attached hydrogens (primary N) is 1. The molecule has 0 amide bonds. The molecule has 0 aromatic heterocycles. The number of halogens is 2. The molecule has 1 atom stereocenters. The van der Waals surface area contributed by atoms with Crippen LogP contribution in [0, 0.1) is 11.6 Å². The molecule has 1 aromatic rings. The van der Waals surface area contributed by atoms with Crippen molar-refractivity contribution >= 4 is 6.29 Å². The average Bonchev–Trinajstić information content (AvgIpc) is 2.08. The Balaban J connectivity index is 3.32. The number of rotatable bonds is 2. The molecule has 0 heterocycles. The van der Waals surface area contributed by atoms with E-state index >= 15 is 0 Å². The van der Waals surface area contributed by atoms with Crippen LogP contribution in [0.1, 0.15) is 28.9 Å². The second-order valence-corrected chi connectivity index (χ2v) is 2.80. The van der Waals surface area contributed by atoms with E-state index < -0.39 is 17.7 Å². The fraction of sp³-hybridized carbons (Fsp3) is 0.222. The molecule has 0 aliphatic heterocycles. The topological polar surface area (TPSA) is 43.1 Å². The molecule has 1 rings (SSSR count). The van der Waals surface area contributed by atoms with E-state index in [2.05, 4.69) is 0 Å². The van der Waals surface area contributed by atoms with Gasteiger partial charge < -0.3 is 5.73 Å². The number of hydrogen-bond acceptors (Lipinski definition) is 2. The van der Waals surface area contributed by atoms with Crippen LogP contribution in [0.2, 0.25) is 0 Å². The van der Waals surface area contributed by atoms with Gasteiger partial charge in [-0.2, -0.15) is 0 Å². The molecule has 13 heavy (non-hydrogen) atoms. The van der Waals surface area contributed by atoms with Crippen molar-refractivity contribution in [2.24, 2.45) is 5.73 Å². The van der Waals surface area contributed by atoms with Gasteiger partial charge in [-0.15, -0.1) is 0 Å². The monoisotopic (exact) mass is 185 g/mol. The van der Waals surface area contributed by atoms with Gasteiger partial charge in [0.25, 0.3) is 0 Å². The summed E-state index contributed by atoms with van der Waals surface area (Å²) in [4.78, 5) is 10.5. The lowest BCUT2D eigenvalue weighted by atomic mass is 10.0. The molecular weight excluding hydrogens is 176 g/mol. The van der Waals surface area contributed by atoms with E-state index in [9.17, 15) is 13.6 Å². The highest BCUT2D eigenvalue weighted by molar-refractivity contribution is 5.77. The zero-order valence-corrected chi connectivity index (χ0v) is 7.05. The predicted octanol–water partition coefficient (Wildman–Crippen LogP) is 1.80. The van der Waals surface area contributed by atoms with Crippen molar-refractivity contribution in [3.63, 3.8) is 0 Å². The molecule has 0 fully saturated rings. The second kappa shape index (κ2) is 3.62. The first-order chi connectivity index (χ1) is 6.06. The Kier molecular flexibility index (Phi) is 2.72. The summed E-state index contributed by atoms with van der Waals surface area (Å²) in [6.07, 6.45) is 0.460. The molecule has 0 aliphatic rings. The van der Waals surface area contributed by atoms with Crippen LogP contribution in [0.3, 0.4) is 0 Å². The molecule has 2 N–H and O–H groups in total. The lowest BCUT2D eigenvalue weighted by Crippen LogP contribution is -2.09. The smallest absolute Gasteiger partial charge is 0.159 e. The van der Waals surface area contributed by atoms with Gasteiger partial charge in [0.05, 0.1) is 0 Å². The van der Waals surface area contributed by atoms with Crippen molar-refractivity contribution in [2.45, 2.75) is 13.0 Å². The maximum atomic E-state index is 12.7. The van der Waals surface area contributed by atoms with Crippen molar-refractivity contribution in [1.29, 1.82) is 0 Å². The molecule has 1 unspecified atom stereocenters. The third-order valence-corrected chi connectivity index (χ3v) is 1.74. The normalized spacial score (nSPS) is 12.6. The summed E-state index contributed by atoms with van der Waals surface area (Å²) in [5.74, 6) is -2.02. The molecule has 0 spiro atoms. The average molecular weight is 185 g/mol. The molecule has 0 saturated heterocycles. The minimum Gasteiger partial charge on any atom is -0.324 e. The molecular formula is C9H9F2NO. The molecule has 1 aromatic carbocycles. The van der Waals surface area contributed by atoms with Gasteiger partial charge in [0.15, 0.2) is 11.6 Å². The van der Waals surface area contributed by atoms with Crippen molar-refractivity contribution in [1.82, 2.24) is 0 Å². The molecule has 0 radical (unpaired) electrons. The number of hydrogen-bond donors (Lipinski definition) is 1. The Labute approximate surface area is 74.4 Å². The van der Waals surface area contributed by atoms with Crippen LogP contribution in [0.15, 0.2) is 12.1 Å². The first-order valence-corrected chi connectivity index (χ1v) is 3.76. The molecule has 0 bridgehead atoms. The summed E-state index contributed by atoms with van der Waals surface area (Å²) in [5, 5.41) is 0. The number of carbonyl (C=O) groups excluding carboxylic acids is 1. The first-order valence-electron chi connectivity index (χ1n) is 3.76. The van der Waals surface area contributed by atoms with E-state index in [4.69, 9.17) is 5.73 Å². The minimum absolute atomic E-state index is 0.0916. The number of aldehydes is 1. The maximum absolute atomic E-state index is 12.7. The summed E-state index contributed by atoms with van der Waals surface area (Å²) in [6, 6.07) is 1.31. The van der Waals surface area contributed by atoms with Crippen LogP contribution < -0.4 is 5.73 Å². The van der Waals surface area contributed by atoms with Crippen molar-refractivity contribution < 1.29 is 13.6 Å². The highest BCUT2D eigenvalue weighted by Crippen LogP contribution is 2.18. The zero-order valence-electron chi connectivity index (χ0n) is 7.05. The van der Waals surface area contributed by atoms with Gasteiger partial charge >= 0.3 is 0 Å². The summed E-state index contributed by atoms with van der Waals surface area (Å²) in [5.41, 5.74) is 5.87. The SMILES string of the molecule is CC(N)c1cc(F)c(F)cc1C=O. The van der Waals surface area contributed by atoms with Crippen LogP contribution in [0.4, 0.5) is 8.78 Å². The van der Waals surface area contributed by atoms with Crippen LogP contribution in [0.5, 0.6) is 0 Å². The Morgan fingerprint density at radius 1 is 1.38 bits per heavy atom. The van der Waals surface area contributed by atoms with Gasteiger partial charge in [-0.05, 0) is 24.6 Å². The van der Waals surface area contributed by atoms with Crippen molar-refractivity contribution in [3.8, 4) is 0 Å². The summed E-state index contributed by atoms with van der Waals surface area (Å²) < 4.78 is 25.3. The fourth-order valence-corrected chi connectivity index (χ4v) is 1.07. The third kappa shape index (κ3) is 1.89.